The molecule has 0 saturated heterocycles. The predicted molar refractivity (Wildman–Crippen MR) is 85.2 cm³/mol. The van der Waals surface area contributed by atoms with Gasteiger partial charge in [0.2, 0.25) is 0 Å². The van der Waals surface area contributed by atoms with Gasteiger partial charge in [0.25, 0.3) is 0 Å². The van der Waals surface area contributed by atoms with E-state index >= 15 is 0 Å². The lowest BCUT2D eigenvalue weighted by Gasteiger charge is -2.21. The summed E-state index contributed by atoms with van der Waals surface area (Å²) in [5, 5.41) is 2.44. The van der Waals surface area contributed by atoms with Crippen molar-refractivity contribution < 1.29 is 19.1 Å². The topological polar surface area (TPSA) is 64.6 Å². The predicted octanol–water partition coefficient (Wildman–Crippen LogP) is 3.29. The summed E-state index contributed by atoms with van der Waals surface area (Å²) in [5.41, 5.74) is 1.20. The van der Waals surface area contributed by atoms with Crippen LogP contribution in [-0.2, 0) is 20.9 Å². The van der Waals surface area contributed by atoms with Crippen LogP contribution in [0.15, 0.2) is 30.8 Å². The van der Waals surface area contributed by atoms with Gasteiger partial charge < -0.3 is 14.8 Å². The normalized spacial score (nSPS) is 12.2. The van der Waals surface area contributed by atoms with Crippen molar-refractivity contribution in [3.63, 3.8) is 0 Å². The summed E-state index contributed by atoms with van der Waals surface area (Å²) in [5.74, 6) is -0.519. The maximum atomic E-state index is 11.9. The summed E-state index contributed by atoms with van der Waals surface area (Å²) >= 11 is 0. The molecule has 0 saturated carbocycles. The molecule has 1 aromatic carbocycles. The summed E-state index contributed by atoms with van der Waals surface area (Å²) in [6, 6.07) is 6.73. The van der Waals surface area contributed by atoms with Crippen molar-refractivity contribution in [2.24, 2.45) is 0 Å². The van der Waals surface area contributed by atoms with Gasteiger partial charge in [0.1, 0.15) is 18.2 Å². The van der Waals surface area contributed by atoms with E-state index in [1.54, 1.807) is 33.8 Å². The van der Waals surface area contributed by atoms with Crippen molar-refractivity contribution in [2.45, 2.75) is 45.9 Å². The van der Waals surface area contributed by atoms with Crippen molar-refractivity contribution >= 4 is 18.1 Å². The Morgan fingerprint density at radius 3 is 2.64 bits per heavy atom. The van der Waals surface area contributed by atoms with Crippen LogP contribution in [0.2, 0.25) is 0 Å². The van der Waals surface area contributed by atoms with E-state index in [1.165, 1.54) is 0 Å². The van der Waals surface area contributed by atoms with Crippen LogP contribution in [0, 0.1) is 0 Å². The highest BCUT2D eigenvalue weighted by Crippen LogP contribution is 2.09. The molecule has 5 nitrogen and oxygen atoms in total. The first-order valence-electron chi connectivity index (χ1n) is 7.09. The van der Waals surface area contributed by atoms with Crippen LogP contribution in [0.25, 0.3) is 6.08 Å². The maximum absolute atomic E-state index is 11.9. The van der Waals surface area contributed by atoms with E-state index in [0.29, 0.717) is 0 Å². The first kappa shape index (κ1) is 17.8. The van der Waals surface area contributed by atoms with Crippen LogP contribution < -0.4 is 5.32 Å². The van der Waals surface area contributed by atoms with Crippen molar-refractivity contribution in [1.82, 2.24) is 5.32 Å². The molecular weight excluding hydrogens is 282 g/mol. The molecular formula is C17H23NO4. The number of nitrogens with one attached hydrogen (secondary N) is 1. The minimum atomic E-state index is -0.780. The maximum Gasteiger partial charge on any atom is 0.408 e. The quantitative estimate of drug-likeness (QED) is 0.848. The number of amides is 1. The molecule has 1 aromatic rings. The second kappa shape index (κ2) is 7.64. The van der Waals surface area contributed by atoms with Crippen molar-refractivity contribution in [3.05, 3.63) is 42.0 Å². The SMILES string of the molecule is C=Cc1cccc(COC(=O)[C@H](C)NC(=O)OC(C)(C)C)c1. The van der Waals surface area contributed by atoms with Crippen LogP contribution in [0.1, 0.15) is 38.8 Å². The zero-order chi connectivity index (χ0) is 16.8. The highest BCUT2D eigenvalue weighted by molar-refractivity contribution is 5.81. The van der Waals surface area contributed by atoms with Crippen molar-refractivity contribution in [1.29, 1.82) is 0 Å². The molecule has 22 heavy (non-hydrogen) atoms. The smallest absolute Gasteiger partial charge is 0.408 e. The molecule has 0 aromatic heterocycles. The number of alkyl carbamates (subject to hydrolysis) is 1. The first-order chi connectivity index (χ1) is 10.2. The van der Waals surface area contributed by atoms with E-state index in [9.17, 15) is 9.59 Å². The number of carbonyl (C=O) groups is 2. The Kier molecular flexibility index (Phi) is 6.16. The number of rotatable bonds is 5. The molecule has 0 bridgehead atoms. The summed E-state index contributed by atoms with van der Waals surface area (Å²) in [6.07, 6.45) is 1.07. The Bertz CT molecular complexity index is 546. The van der Waals surface area contributed by atoms with Gasteiger partial charge in [-0.2, -0.15) is 0 Å². The van der Waals surface area contributed by atoms with Gasteiger partial charge in [-0.25, -0.2) is 9.59 Å². The van der Waals surface area contributed by atoms with Gasteiger partial charge in [-0.1, -0.05) is 30.9 Å². The lowest BCUT2D eigenvalue weighted by Crippen LogP contribution is -2.42. The Balaban J connectivity index is 2.47. The third-order valence-corrected chi connectivity index (χ3v) is 2.65. The van der Waals surface area contributed by atoms with Gasteiger partial charge in [-0.15, -0.1) is 0 Å². The molecule has 0 aliphatic carbocycles. The van der Waals surface area contributed by atoms with E-state index < -0.39 is 23.7 Å². The molecule has 5 heteroatoms. The lowest BCUT2D eigenvalue weighted by atomic mass is 10.1. The van der Waals surface area contributed by atoms with Crippen molar-refractivity contribution in [2.75, 3.05) is 0 Å². The summed E-state index contributed by atoms with van der Waals surface area (Å²) in [6.45, 7) is 10.6. The number of carbonyl (C=O) groups excluding carboxylic acids is 2. The molecule has 0 spiro atoms. The minimum Gasteiger partial charge on any atom is -0.459 e. The third-order valence-electron chi connectivity index (χ3n) is 2.65. The Morgan fingerprint density at radius 2 is 2.05 bits per heavy atom. The summed E-state index contributed by atoms with van der Waals surface area (Å²) in [7, 11) is 0. The molecule has 0 aliphatic heterocycles. The fourth-order valence-corrected chi connectivity index (χ4v) is 1.63. The van der Waals surface area contributed by atoms with Crippen LogP contribution in [0.5, 0.6) is 0 Å². The Labute approximate surface area is 131 Å². The van der Waals surface area contributed by atoms with E-state index in [2.05, 4.69) is 11.9 Å². The van der Waals surface area contributed by atoms with Crippen LogP contribution >= 0.6 is 0 Å². The molecule has 0 radical (unpaired) electrons. The minimum absolute atomic E-state index is 0.140. The summed E-state index contributed by atoms with van der Waals surface area (Å²) in [4.78, 5) is 23.4. The molecule has 0 unspecified atom stereocenters. The van der Waals surface area contributed by atoms with Crippen molar-refractivity contribution in [3.8, 4) is 0 Å². The van der Waals surface area contributed by atoms with Gasteiger partial charge >= 0.3 is 12.1 Å². The largest absolute Gasteiger partial charge is 0.459 e. The first-order valence-corrected chi connectivity index (χ1v) is 7.09. The Hall–Kier alpha value is -2.30. The zero-order valence-electron chi connectivity index (χ0n) is 13.5. The monoisotopic (exact) mass is 305 g/mol. The second-order valence-electron chi connectivity index (χ2n) is 5.92. The number of hydrogen-bond donors (Lipinski definition) is 1. The number of hydrogen-bond acceptors (Lipinski definition) is 4. The average Bonchev–Trinajstić information content (AvgIpc) is 2.42. The van der Waals surface area contributed by atoms with Crippen LogP contribution in [-0.4, -0.2) is 23.7 Å². The molecule has 120 valence electrons. The van der Waals surface area contributed by atoms with Gasteiger partial charge in [0.15, 0.2) is 0 Å². The highest BCUT2D eigenvalue weighted by Gasteiger charge is 2.21. The van der Waals surface area contributed by atoms with E-state index in [0.717, 1.165) is 11.1 Å². The number of benzene rings is 1. The standard InChI is InChI=1S/C17H23NO4/c1-6-13-8-7-9-14(10-13)11-21-15(19)12(2)18-16(20)22-17(3,4)5/h6-10,12H,1,11H2,2-5H3,(H,18,20)/t12-/m0/s1. The van der Waals surface area contributed by atoms with Crippen LogP contribution in [0.3, 0.4) is 0 Å². The highest BCUT2D eigenvalue weighted by atomic mass is 16.6. The molecule has 0 aliphatic rings. The molecule has 1 atom stereocenters. The lowest BCUT2D eigenvalue weighted by molar-refractivity contribution is -0.147. The van der Waals surface area contributed by atoms with Gasteiger partial charge in [-0.3, -0.25) is 0 Å². The molecule has 1 rings (SSSR count). The number of ether oxygens (including phenoxy) is 2. The van der Waals surface area contributed by atoms with E-state index in [1.807, 2.05) is 24.3 Å². The van der Waals surface area contributed by atoms with E-state index in [4.69, 9.17) is 9.47 Å². The fraction of sp³-hybridized carbons (Fsp3) is 0.412. The molecule has 0 fully saturated rings. The molecule has 0 heterocycles. The average molecular weight is 305 g/mol. The fourth-order valence-electron chi connectivity index (χ4n) is 1.63. The molecule has 1 amide bonds. The zero-order valence-corrected chi connectivity index (χ0v) is 13.5. The number of esters is 1. The third kappa shape index (κ3) is 6.43. The van der Waals surface area contributed by atoms with E-state index in [-0.39, 0.29) is 6.61 Å². The Morgan fingerprint density at radius 1 is 1.36 bits per heavy atom. The van der Waals surface area contributed by atoms with Gasteiger partial charge in [-0.05, 0) is 44.9 Å². The molecule has 1 N–H and O–H groups in total. The van der Waals surface area contributed by atoms with Gasteiger partial charge in [0, 0.05) is 0 Å². The second-order valence-corrected chi connectivity index (χ2v) is 5.92. The van der Waals surface area contributed by atoms with Gasteiger partial charge in [0.05, 0.1) is 0 Å². The van der Waals surface area contributed by atoms with Crippen LogP contribution in [0.4, 0.5) is 4.79 Å². The summed E-state index contributed by atoms with van der Waals surface area (Å²) < 4.78 is 10.3.